The van der Waals surface area contributed by atoms with Gasteiger partial charge in [0.15, 0.2) is 11.5 Å². The highest BCUT2D eigenvalue weighted by Crippen LogP contribution is 2.43. The highest BCUT2D eigenvalue weighted by atomic mass is 16.5. The fraction of sp³-hybridized carbons (Fsp3) is 0.286. The number of carbonyl (C=O) groups is 3. The molecule has 1 aliphatic heterocycles. The van der Waals surface area contributed by atoms with E-state index >= 15 is 0 Å². The van der Waals surface area contributed by atoms with Crippen LogP contribution in [-0.4, -0.2) is 48.6 Å². The number of anilines is 1. The van der Waals surface area contributed by atoms with Gasteiger partial charge in [-0.3, -0.25) is 4.90 Å². The SMILES string of the molecule is COc1cc2c(cc1OC)N(C(=O)O)[C@H](C(=O)O)C[C@@H]2NC(=O)OCc1ccccc1. The number of nitrogens with one attached hydrogen (secondary N) is 1. The van der Waals surface area contributed by atoms with Crippen LogP contribution in [0.3, 0.4) is 0 Å². The lowest BCUT2D eigenvalue weighted by atomic mass is 9.90. The van der Waals surface area contributed by atoms with Crippen molar-refractivity contribution in [3.8, 4) is 11.5 Å². The summed E-state index contributed by atoms with van der Waals surface area (Å²) in [6.45, 7) is 0.0296. The summed E-state index contributed by atoms with van der Waals surface area (Å²) in [6.07, 6.45) is -2.39. The molecule has 10 heteroatoms. The molecule has 0 spiro atoms. The number of amides is 2. The molecule has 2 amide bonds. The highest BCUT2D eigenvalue weighted by Gasteiger charge is 2.41. The van der Waals surface area contributed by atoms with E-state index in [0.29, 0.717) is 11.3 Å². The largest absolute Gasteiger partial charge is 0.493 e. The number of carbonyl (C=O) groups excluding carboxylic acids is 1. The van der Waals surface area contributed by atoms with E-state index in [9.17, 15) is 24.6 Å². The van der Waals surface area contributed by atoms with Gasteiger partial charge < -0.3 is 29.7 Å². The Kier molecular flexibility index (Phi) is 6.49. The van der Waals surface area contributed by atoms with Crippen molar-refractivity contribution >= 4 is 23.8 Å². The van der Waals surface area contributed by atoms with Gasteiger partial charge >= 0.3 is 18.2 Å². The van der Waals surface area contributed by atoms with Gasteiger partial charge in [-0.25, -0.2) is 14.4 Å². The Morgan fingerprint density at radius 2 is 1.71 bits per heavy atom. The number of aliphatic carboxylic acids is 1. The summed E-state index contributed by atoms with van der Waals surface area (Å²) in [6, 6.07) is 9.71. The van der Waals surface area contributed by atoms with E-state index in [-0.39, 0.29) is 24.5 Å². The van der Waals surface area contributed by atoms with Crippen LogP contribution in [0.2, 0.25) is 0 Å². The molecule has 0 unspecified atom stereocenters. The van der Waals surface area contributed by atoms with E-state index in [2.05, 4.69) is 5.32 Å². The molecule has 0 aliphatic carbocycles. The van der Waals surface area contributed by atoms with Crippen molar-refractivity contribution < 1.29 is 38.8 Å². The number of benzene rings is 2. The molecule has 2 aromatic rings. The third-order valence-electron chi connectivity index (χ3n) is 4.93. The average Bonchev–Trinajstić information content (AvgIpc) is 2.76. The number of rotatable bonds is 6. The molecular formula is C21H22N2O8. The Morgan fingerprint density at radius 3 is 2.29 bits per heavy atom. The Morgan fingerprint density at radius 1 is 1.06 bits per heavy atom. The number of hydrogen-bond donors (Lipinski definition) is 3. The molecule has 1 aliphatic rings. The molecule has 2 aromatic carbocycles. The molecule has 0 aromatic heterocycles. The molecule has 0 fully saturated rings. The van der Waals surface area contributed by atoms with Crippen molar-refractivity contribution in [2.75, 3.05) is 19.1 Å². The van der Waals surface area contributed by atoms with Gasteiger partial charge in [0.05, 0.1) is 25.9 Å². The molecule has 31 heavy (non-hydrogen) atoms. The predicted molar refractivity (Wildman–Crippen MR) is 109 cm³/mol. The zero-order valence-corrected chi connectivity index (χ0v) is 16.9. The Bertz CT molecular complexity index is 979. The van der Waals surface area contributed by atoms with Crippen molar-refractivity contribution in [1.29, 1.82) is 0 Å². The van der Waals surface area contributed by atoms with Crippen molar-refractivity contribution in [3.63, 3.8) is 0 Å². The number of carboxylic acids is 1. The van der Waals surface area contributed by atoms with E-state index in [1.54, 1.807) is 12.1 Å². The lowest BCUT2D eigenvalue weighted by molar-refractivity contribution is -0.139. The van der Waals surface area contributed by atoms with Gasteiger partial charge in [0.2, 0.25) is 0 Å². The Hall–Kier alpha value is -3.95. The van der Waals surface area contributed by atoms with Gasteiger partial charge in [0, 0.05) is 18.1 Å². The Labute approximate surface area is 177 Å². The first kappa shape index (κ1) is 21.8. The lowest BCUT2D eigenvalue weighted by Gasteiger charge is -2.37. The van der Waals surface area contributed by atoms with Crippen molar-refractivity contribution in [2.24, 2.45) is 0 Å². The number of carboxylic acid groups (broad SMARTS) is 2. The monoisotopic (exact) mass is 430 g/mol. The Balaban J connectivity index is 1.92. The molecule has 3 rings (SSSR count). The van der Waals surface area contributed by atoms with Crippen LogP contribution in [0.15, 0.2) is 42.5 Å². The second-order valence-electron chi connectivity index (χ2n) is 6.77. The number of ether oxygens (including phenoxy) is 3. The van der Waals surface area contributed by atoms with E-state index in [1.165, 1.54) is 26.4 Å². The fourth-order valence-electron chi connectivity index (χ4n) is 3.49. The molecule has 0 bridgehead atoms. The summed E-state index contributed by atoms with van der Waals surface area (Å²) in [4.78, 5) is 36.8. The summed E-state index contributed by atoms with van der Waals surface area (Å²) in [5.41, 5.74) is 1.24. The minimum Gasteiger partial charge on any atom is -0.493 e. The number of methoxy groups -OCH3 is 2. The van der Waals surface area contributed by atoms with Gasteiger partial charge in [0.25, 0.3) is 0 Å². The first-order valence-corrected chi connectivity index (χ1v) is 9.33. The van der Waals surface area contributed by atoms with Gasteiger partial charge in [0.1, 0.15) is 12.6 Å². The molecule has 164 valence electrons. The molecule has 10 nitrogen and oxygen atoms in total. The van der Waals surface area contributed by atoms with E-state index in [1.807, 2.05) is 18.2 Å². The number of alkyl carbamates (subject to hydrolysis) is 1. The maximum absolute atomic E-state index is 12.4. The third kappa shape index (κ3) is 4.63. The summed E-state index contributed by atoms with van der Waals surface area (Å²) < 4.78 is 15.7. The first-order valence-electron chi connectivity index (χ1n) is 9.33. The number of fused-ring (bicyclic) bond motifs is 1. The van der Waals surface area contributed by atoms with Gasteiger partial charge in [-0.1, -0.05) is 30.3 Å². The second-order valence-corrected chi connectivity index (χ2v) is 6.77. The van der Waals surface area contributed by atoms with Crippen LogP contribution in [-0.2, 0) is 16.1 Å². The molecule has 2 atom stereocenters. The molecular weight excluding hydrogens is 408 g/mol. The standard InChI is InChI=1S/C21H22N2O8/c1-29-17-8-13-14(22-20(26)31-11-12-6-4-3-5-7-12)9-16(19(24)25)23(21(27)28)15(13)10-18(17)30-2/h3-8,10,14,16H,9,11H2,1-2H3,(H,22,26)(H,24,25)(H,27,28)/t14-,16-/m0/s1. The maximum Gasteiger partial charge on any atom is 0.412 e. The molecule has 1 heterocycles. The minimum atomic E-state index is -1.44. The van der Waals surface area contributed by atoms with Crippen LogP contribution in [0.1, 0.15) is 23.6 Å². The average molecular weight is 430 g/mol. The molecule has 3 N–H and O–H groups in total. The molecule has 0 radical (unpaired) electrons. The predicted octanol–water partition coefficient (Wildman–Crippen LogP) is 3.01. The fourth-order valence-corrected chi connectivity index (χ4v) is 3.49. The van der Waals surface area contributed by atoms with Crippen LogP contribution < -0.4 is 19.7 Å². The minimum absolute atomic E-state index is 0.0296. The third-order valence-corrected chi connectivity index (χ3v) is 4.93. The quantitative estimate of drug-likeness (QED) is 0.637. The normalized spacial score (nSPS) is 17.3. The summed E-state index contributed by atoms with van der Waals surface area (Å²) in [7, 11) is 2.79. The molecule has 0 saturated heterocycles. The maximum atomic E-state index is 12.4. The summed E-state index contributed by atoms with van der Waals surface area (Å²) in [5.74, 6) is -0.805. The number of nitrogens with zero attached hydrogens (tertiary/aromatic N) is 1. The smallest absolute Gasteiger partial charge is 0.412 e. The van der Waals surface area contributed by atoms with Crippen LogP contribution in [0.25, 0.3) is 0 Å². The van der Waals surface area contributed by atoms with Gasteiger partial charge in [-0.05, 0) is 11.6 Å². The van der Waals surface area contributed by atoms with Gasteiger partial charge in [-0.15, -0.1) is 0 Å². The van der Waals surface area contributed by atoms with E-state index in [4.69, 9.17) is 14.2 Å². The zero-order valence-electron chi connectivity index (χ0n) is 16.9. The highest BCUT2D eigenvalue weighted by molar-refractivity contribution is 5.96. The summed E-state index contributed by atoms with van der Waals surface area (Å²) in [5, 5.41) is 21.9. The van der Waals surface area contributed by atoms with E-state index in [0.717, 1.165) is 10.5 Å². The van der Waals surface area contributed by atoms with Crippen LogP contribution >= 0.6 is 0 Å². The first-order chi connectivity index (χ1) is 14.8. The summed E-state index contributed by atoms with van der Waals surface area (Å²) >= 11 is 0. The van der Waals surface area contributed by atoms with Crippen molar-refractivity contribution in [1.82, 2.24) is 5.32 Å². The van der Waals surface area contributed by atoms with E-state index < -0.39 is 30.2 Å². The van der Waals surface area contributed by atoms with Gasteiger partial charge in [-0.2, -0.15) is 0 Å². The topological polar surface area (TPSA) is 135 Å². The zero-order chi connectivity index (χ0) is 22.5. The van der Waals surface area contributed by atoms with Crippen molar-refractivity contribution in [2.45, 2.75) is 25.1 Å². The lowest BCUT2D eigenvalue weighted by Crippen LogP contribution is -2.51. The number of hydrogen-bond acceptors (Lipinski definition) is 6. The van der Waals surface area contributed by atoms with Crippen LogP contribution in [0, 0.1) is 0 Å². The second kappa shape index (κ2) is 9.24. The van der Waals surface area contributed by atoms with Crippen LogP contribution in [0.4, 0.5) is 15.3 Å². The molecule has 0 saturated carbocycles. The van der Waals surface area contributed by atoms with Crippen molar-refractivity contribution in [3.05, 3.63) is 53.6 Å². The van der Waals surface area contributed by atoms with Crippen LogP contribution in [0.5, 0.6) is 11.5 Å².